The van der Waals surface area contributed by atoms with Crippen molar-refractivity contribution in [2.45, 2.75) is 0 Å². The summed E-state index contributed by atoms with van der Waals surface area (Å²) in [5, 5.41) is 9.23. The first kappa shape index (κ1) is 25.4. The van der Waals surface area contributed by atoms with Crippen LogP contribution in [0.15, 0.2) is 144 Å². The smallest absolute Gasteiger partial charge is 0.165 e. The fourth-order valence-electron chi connectivity index (χ4n) is 6.61. The Morgan fingerprint density at radius 2 is 1.07 bits per heavy atom. The second-order valence-corrected chi connectivity index (χ2v) is 12.7. The minimum absolute atomic E-state index is 0.644. The van der Waals surface area contributed by atoms with Crippen LogP contribution < -0.4 is 0 Å². The van der Waals surface area contributed by atoms with Crippen LogP contribution in [0.1, 0.15) is 0 Å². The van der Waals surface area contributed by atoms with Gasteiger partial charge in [0.15, 0.2) is 17.5 Å². The molecule has 0 aliphatic carbocycles. The summed E-state index contributed by atoms with van der Waals surface area (Å²) >= 11 is 1.78. The molecule has 5 heteroatoms. The van der Waals surface area contributed by atoms with Crippen LogP contribution in [0.2, 0.25) is 0 Å². The lowest BCUT2D eigenvalue weighted by Crippen LogP contribution is -2.00. The highest BCUT2D eigenvalue weighted by atomic mass is 32.1. The van der Waals surface area contributed by atoms with E-state index in [9.17, 15) is 0 Å². The van der Waals surface area contributed by atoms with Gasteiger partial charge in [-0.15, -0.1) is 11.3 Å². The van der Waals surface area contributed by atoms with Crippen LogP contribution in [0.4, 0.5) is 0 Å². The van der Waals surface area contributed by atoms with E-state index in [2.05, 4.69) is 127 Å². The lowest BCUT2D eigenvalue weighted by atomic mass is 10.0. The summed E-state index contributed by atoms with van der Waals surface area (Å²) in [6.45, 7) is 0. The normalized spacial score (nSPS) is 11.9. The van der Waals surface area contributed by atoms with Crippen molar-refractivity contribution >= 4 is 75.0 Å². The molecule has 0 N–H and O–H groups in total. The molecule has 0 spiro atoms. The second kappa shape index (κ2) is 9.80. The van der Waals surface area contributed by atoms with Crippen LogP contribution in [0, 0.1) is 0 Å². The van der Waals surface area contributed by atoms with E-state index in [0.717, 1.165) is 54.8 Å². The molecule has 0 aliphatic rings. The van der Waals surface area contributed by atoms with Gasteiger partial charge in [0, 0.05) is 47.6 Å². The maximum atomic E-state index is 6.16. The Morgan fingerprint density at radius 3 is 1.93 bits per heavy atom. The Bertz CT molecular complexity index is 2830. The Hall–Kier alpha value is -5.91. The molecule has 10 rings (SSSR count). The first-order valence-corrected chi connectivity index (χ1v) is 16.1. The molecule has 10 aromatic rings. The van der Waals surface area contributed by atoms with Gasteiger partial charge in [0.1, 0.15) is 11.2 Å². The van der Waals surface area contributed by atoms with Crippen LogP contribution in [0.25, 0.3) is 97.8 Å². The SMILES string of the molecule is c1ccc2cc(-c3nc(-c4ccc5cc6oc7ccccc7c6cc5c4)nc(-c4cccc5c4sc4ccccc45)n3)ccc2c1. The van der Waals surface area contributed by atoms with Crippen molar-refractivity contribution in [1.29, 1.82) is 0 Å². The molecule has 3 aromatic heterocycles. The summed E-state index contributed by atoms with van der Waals surface area (Å²) < 4.78 is 8.59. The minimum Gasteiger partial charge on any atom is -0.456 e. The predicted octanol–water partition coefficient (Wildman–Crippen LogP) is 11.4. The third-order valence-electron chi connectivity index (χ3n) is 8.88. The van der Waals surface area contributed by atoms with E-state index < -0.39 is 0 Å². The first-order chi connectivity index (χ1) is 22.7. The Morgan fingerprint density at radius 1 is 0.413 bits per heavy atom. The molecule has 0 bridgehead atoms. The Balaban J connectivity index is 1.21. The third kappa shape index (κ3) is 3.96. The molecule has 0 saturated carbocycles. The molecule has 4 nitrogen and oxygen atoms in total. The molecule has 0 radical (unpaired) electrons. The lowest BCUT2D eigenvalue weighted by Gasteiger charge is -2.10. The number of fused-ring (bicyclic) bond motifs is 8. The topological polar surface area (TPSA) is 51.8 Å². The number of benzene rings is 7. The summed E-state index contributed by atoms with van der Waals surface area (Å²) in [5.41, 5.74) is 4.69. The molecule has 3 heterocycles. The van der Waals surface area contributed by atoms with Gasteiger partial charge in [-0.1, -0.05) is 97.1 Å². The zero-order chi connectivity index (χ0) is 30.2. The number of furan rings is 1. The summed E-state index contributed by atoms with van der Waals surface area (Å²) in [6, 6.07) is 48.7. The highest BCUT2D eigenvalue weighted by Crippen LogP contribution is 2.40. The van der Waals surface area contributed by atoms with Gasteiger partial charge in [0.2, 0.25) is 0 Å². The number of nitrogens with zero attached hydrogens (tertiary/aromatic N) is 3. The number of thiophene rings is 1. The van der Waals surface area contributed by atoms with Gasteiger partial charge >= 0.3 is 0 Å². The van der Waals surface area contributed by atoms with Gasteiger partial charge in [0.25, 0.3) is 0 Å². The highest BCUT2D eigenvalue weighted by Gasteiger charge is 2.17. The number of hydrogen-bond donors (Lipinski definition) is 0. The molecule has 0 aliphatic heterocycles. The van der Waals surface area contributed by atoms with Crippen molar-refractivity contribution in [2.75, 3.05) is 0 Å². The van der Waals surface area contributed by atoms with Gasteiger partial charge in [-0.3, -0.25) is 0 Å². The van der Waals surface area contributed by atoms with Crippen molar-refractivity contribution in [2.24, 2.45) is 0 Å². The number of hydrogen-bond acceptors (Lipinski definition) is 5. The van der Waals surface area contributed by atoms with Crippen LogP contribution in [0.3, 0.4) is 0 Å². The van der Waals surface area contributed by atoms with E-state index >= 15 is 0 Å². The summed E-state index contributed by atoms with van der Waals surface area (Å²) in [6.07, 6.45) is 0. The van der Waals surface area contributed by atoms with E-state index in [1.165, 1.54) is 25.6 Å². The van der Waals surface area contributed by atoms with Crippen molar-refractivity contribution < 1.29 is 4.42 Å². The standard InChI is InChI=1S/C41H23N3OS/c1-2-9-25-20-27(18-16-24(25)8-1)39-42-40(44-41(43-39)33-13-7-12-32-31-11-4-6-15-37(31)46-38(32)33)28-19-17-26-23-36-34(22-29(26)21-28)30-10-3-5-14-35(30)45-36/h1-23H. The molecule has 0 unspecified atom stereocenters. The quantitative estimate of drug-likeness (QED) is 0.201. The number of rotatable bonds is 3. The van der Waals surface area contributed by atoms with Gasteiger partial charge in [-0.05, 0) is 64.0 Å². The van der Waals surface area contributed by atoms with Gasteiger partial charge < -0.3 is 4.42 Å². The van der Waals surface area contributed by atoms with E-state index in [-0.39, 0.29) is 0 Å². The van der Waals surface area contributed by atoms with Crippen LogP contribution in [-0.2, 0) is 0 Å². The molecule has 0 atom stereocenters. The average Bonchev–Trinajstić information content (AvgIpc) is 3.68. The Labute approximate surface area is 267 Å². The van der Waals surface area contributed by atoms with E-state index in [0.29, 0.717) is 17.5 Å². The summed E-state index contributed by atoms with van der Waals surface area (Å²) in [7, 11) is 0. The monoisotopic (exact) mass is 605 g/mol. The fraction of sp³-hybridized carbons (Fsp3) is 0. The summed E-state index contributed by atoms with van der Waals surface area (Å²) in [4.78, 5) is 15.4. The minimum atomic E-state index is 0.644. The molecule has 0 amide bonds. The molecule has 7 aromatic carbocycles. The fourth-order valence-corrected chi connectivity index (χ4v) is 7.83. The highest BCUT2D eigenvalue weighted by molar-refractivity contribution is 7.26. The zero-order valence-corrected chi connectivity index (χ0v) is 25.3. The molecular weight excluding hydrogens is 583 g/mol. The van der Waals surface area contributed by atoms with E-state index in [1.807, 2.05) is 12.1 Å². The van der Waals surface area contributed by atoms with Crippen LogP contribution in [0.5, 0.6) is 0 Å². The largest absolute Gasteiger partial charge is 0.456 e. The molecule has 46 heavy (non-hydrogen) atoms. The van der Waals surface area contributed by atoms with Crippen LogP contribution >= 0.6 is 11.3 Å². The maximum absolute atomic E-state index is 6.16. The van der Waals surface area contributed by atoms with Crippen molar-refractivity contribution in [1.82, 2.24) is 15.0 Å². The molecular formula is C41H23N3OS. The Kier molecular flexibility index (Phi) is 5.41. The maximum Gasteiger partial charge on any atom is 0.165 e. The molecule has 214 valence electrons. The van der Waals surface area contributed by atoms with Gasteiger partial charge in [-0.25, -0.2) is 15.0 Å². The number of para-hydroxylation sites is 1. The zero-order valence-electron chi connectivity index (χ0n) is 24.4. The predicted molar refractivity (Wildman–Crippen MR) is 191 cm³/mol. The van der Waals surface area contributed by atoms with Crippen molar-refractivity contribution in [3.63, 3.8) is 0 Å². The van der Waals surface area contributed by atoms with Crippen molar-refractivity contribution in [3.05, 3.63) is 140 Å². The summed E-state index contributed by atoms with van der Waals surface area (Å²) in [5.74, 6) is 1.97. The third-order valence-corrected chi connectivity index (χ3v) is 10.1. The van der Waals surface area contributed by atoms with Crippen LogP contribution in [-0.4, -0.2) is 15.0 Å². The molecule has 0 saturated heterocycles. The lowest BCUT2D eigenvalue weighted by molar-refractivity contribution is 0.669. The first-order valence-electron chi connectivity index (χ1n) is 15.3. The molecule has 0 fully saturated rings. The van der Waals surface area contributed by atoms with E-state index in [1.54, 1.807) is 11.3 Å². The van der Waals surface area contributed by atoms with E-state index in [4.69, 9.17) is 19.4 Å². The van der Waals surface area contributed by atoms with Gasteiger partial charge in [0.05, 0.1) is 0 Å². The van der Waals surface area contributed by atoms with Crippen molar-refractivity contribution in [3.8, 4) is 34.2 Å². The second-order valence-electron chi connectivity index (χ2n) is 11.7. The number of aromatic nitrogens is 3. The van der Waals surface area contributed by atoms with Gasteiger partial charge in [-0.2, -0.15) is 0 Å². The average molecular weight is 606 g/mol.